The molecule has 0 fully saturated rings. The van der Waals surface area contributed by atoms with Crippen LogP contribution in [0.2, 0.25) is 0 Å². The molecule has 2 N–H and O–H groups in total. The molecule has 1 rings (SSSR count). The Kier molecular flexibility index (Phi) is 6.22. The Balaban J connectivity index is 2.43. The largest absolute Gasteiger partial charge is 0.497 e. The van der Waals surface area contributed by atoms with Crippen molar-refractivity contribution in [2.24, 2.45) is 5.10 Å². The van der Waals surface area contributed by atoms with E-state index in [-0.39, 0.29) is 18.4 Å². The van der Waals surface area contributed by atoms with Crippen molar-refractivity contribution in [1.29, 1.82) is 0 Å². The van der Waals surface area contributed by atoms with E-state index in [1.54, 1.807) is 13.2 Å². The Morgan fingerprint density at radius 2 is 2.10 bits per heavy atom. The minimum atomic E-state index is -0.456. The molecule has 1 aromatic carbocycles. The Morgan fingerprint density at radius 3 is 2.75 bits per heavy atom. The minimum Gasteiger partial charge on any atom is -0.497 e. The Morgan fingerprint density at radius 1 is 1.35 bits per heavy atom. The fraction of sp³-hybridized carbons (Fsp3) is 0.357. The Hall–Kier alpha value is -2.37. The van der Waals surface area contributed by atoms with Crippen LogP contribution in [0, 0.1) is 0 Å². The van der Waals surface area contributed by atoms with Crippen LogP contribution >= 0.6 is 0 Å². The second kappa shape index (κ2) is 7.93. The zero-order valence-corrected chi connectivity index (χ0v) is 11.8. The molecule has 1 aromatic rings. The van der Waals surface area contributed by atoms with E-state index >= 15 is 0 Å². The molecule has 0 spiro atoms. The topological polar surface area (TPSA) is 79.8 Å². The fourth-order valence-electron chi connectivity index (χ4n) is 1.46. The number of nitrogens with one attached hydrogen (secondary N) is 2. The number of methoxy groups -OCH3 is 1. The molecule has 0 heterocycles. The van der Waals surface area contributed by atoms with E-state index in [1.807, 2.05) is 32.0 Å². The highest BCUT2D eigenvalue weighted by atomic mass is 16.5. The summed E-state index contributed by atoms with van der Waals surface area (Å²) in [6.45, 7) is 3.66. The summed E-state index contributed by atoms with van der Waals surface area (Å²) in [5.74, 6) is -0.0760. The van der Waals surface area contributed by atoms with Gasteiger partial charge in [-0.3, -0.25) is 9.59 Å². The third-order valence-corrected chi connectivity index (χ3v) is 2.27. The van der Waals surface area contributed by atoms with Gasteiger partial charge in [-0.05, 0) is 31.5 Å². The first-order valence-corrected chi connectivity index (χ1v) is 6.26. The molecular formula is C14H19N3O3. The van der Waals surface area contributed by atoms with Crippen LogP contribution in [0.15, 0.2) is 29.4 Å². The summed E-state index contributed by atoms with van der Waals surface area (Å²) in [6.07, 6.45) is 1.24. The van der Waals surface area contributed by atoms with E-state index in [0.29, 0.717) is 5.75 Å². The van der Waals surface area contributed by atoms with Crippen LogP contribution in [0.3, 0.4) is 0 Å². The molecule has 0 aliphatic heterocycles. The van der Waals surface area contributed by atoms with Crippen LogP contribution in [0.1, 0.15) is 25.8 Å². The summed E-state index contributed by atoms with van der Waals surface area (Å²) in [5.41, 5.74) is 3.09. The van der Waals surface area contributed by atoms with E-state index < -0.39 is 5.91 Å². The number of hydrogen-bond acceptors (Lipinski definition) is 4. The smallest absolute Gasteiger partial charge is 0.249 e. The highest BCUT2D eigenvalue weighted by molar-refractivity contribution is 5.97. The van der Waals surface area contributed by atoms with Gasteiger partial charge in [-0.1, -0.05) is 12.1 Å². The van der Waals surface area contributed by atoms with Crippen LogP contribution in [-0.4, -0.2) is 31.2 Å². The molecule has 6 heteroatoms. The lowest BCUT2D eigenvalue weighted by atomic mass is 10.2. The lowest BCUT2D eigenvalue weighted by Crippen LogP contribution is -2.34. The van der Waals surface area contributed by atoms with Crippen molar-refractivity contribution in [2.75, 3.05) is 7.11 Å². The van der Waals surface area contributed by atoms with Crippen LogP contribution in [0.4, 0.5) is 0 Å². The molecule has 2 amide bonds. The molecular weight excluding hydrogens is 258 g/mol. The van der Waals surface area contributed by atoms with E-state index in [4.69, 9.17) is 4.74 Å². The summed E-state index contributed by atoms with van der Waals surface area (Å²) in [6, 6.07) is 7.24. The number of amides is 2. The van der Waals surface area contributed by atoms with Crippen molar-refractivity contribution in [3.8, 4) is 5.75 Å². The number of benzene rings is 1. The monoisotopic (exact) mass is 277 g/mol. The van der Waals surface area contributed by atoms with Gasteiger partial charge in [-0.25, -0.2) is 5.43 Å². The number of hydrogen-bond donors (Lipinski definition) is 2. The molecule has 0 saturated carbocycles. The van der Waals surface area contributed by atoms with Gasteiger partial charge < -0.3 is 10.1 Å². The second-order valence-corrected chi connectivity index (χ2v) is 4.47. The molecule has 0 bridgehead atoms. The maximum atomic E-state index is 11.4. The Labute approximate surface area is 118 Å². The third-order valence-electron chi connectivity index (χ3n) is 2.27. The maximum Gasteiger partial charge on any atom is 0.249 e. The van der Waals surface area contributed by atoms with Gasteiger partial charge in [-0.15, -0.1) is 0 Å². The van der Waals surface area contributed by atoms with Crippen molar-refractivity contribution in [1.82, 2.24) is 10.7 Å². The molecule has 0 radical (unpaired) electrons. The number of ether oxygens (including phenoxy) is 1. The summed E-state index contributed by atoms with van der Waals surface area (Å²) in [5, 5.41) is 6.42. The first kappa shape index (κ1) is 15.7. The average Bonchev–Trinajstić information content (AvgIpc) is 2.37. The van der Waals surface area contributed by atoms with Gasteiger partial charge in [0.05, 0.1) is 13.3 Å². The highest BCUT2D eigenvalue weighted by Gasteiger charge is 2.08. The van der Waals surface area contributed by atoms with Crippen LogP contribution in [0.5, 0.6) is 5.75 Å². The summed E-state index contributed by atoms with van der Waals surface area (Å²) < 4.78 is 5.07. The molecule has 108 valence electrons. The SMILES string of the molecule is COc1cccc(/C=N\NC(=O)CC(=O)NC(C)C)c1. The summed E-state index contributed by atoms with van der Waals surface area (Å²) in [7, 11) is 1.57. The van der Waals surface area contributed by atoms with Crippen molar-refractivity contribution >= 4 is 18.0 Å². The van der Waals surface area contributed by atoms with E-state index in [0.717, 1.165) is 5.56 Å². The number of hydrazone groups is 1. The number of nitrogens with zero attached hydrogens (tertiary/aromatic N) is 1. The van der Waals surface area contributed by atoms with Crippen molar-refractivity contribution in [3.05, 3.63) is 29.8 Å². The molecule has 0 atom stereocenters. The van der Waals surface area contributed by atoms with Crippen LogP contribution in [0.25, 0.3) is 0 Å². The molecule has 0 unspecified atom stereocenters. The highest BCUT2D eigenvalue weighted by Crippen LogP contribution is 2.10. The number of rotatable bonds is 6. The first-order valence-electron chi connectivity index (χ1n) is 6.26. The third kappa shape index (κ3) is 5.99. The number of carbonyl (C=O) groups is 2. The van der Waals surface area contributed by atoms with Gasteiger partial charge in [0.15, 0.2) is 0 Å². The van der Waals surface area contributed by atoms with Gasteiger partial charge in [0.1, 0.15) is 12.2 Å². The van der Waals surface area contributed by atoms with Gasteiger partial charge in [0.2, 0.25) is 11.8 Å². The maximum absolute atomic E-state index is 11.4. The lowest BCUT2D eigenvalue weighted by molar-refractivity contribution is -0.129. The second-order valence-electron chi connectivity index (χ2n) is 4.47. The zero-order chi connectivity index (χ0) is 15.0. The van der Waals surface area contributed by atoms with Crippen molar-refractivity contribution in [3.63, 3.8) is 0 Å². The van der Waals surface area contributed by atoms with Crippen molar-refractivity contribution < 1.29 is 14.3 Å². The van der Waals surface area contributed by atoms with Gasteiger partial charge in [-0.2, -0.15) is 5.10 Å². The van der Waals surface area contributed by atoms with Crippen LogP contribution in [-0.2, 0) is 9.59 Å². The van der Waals surface area contributed by atoms with Crippen molar-refractivity contribution in [2.45, 2.75) is 26.3 Å². The van der Waals surface area contributed by atoms with E-state index in [9.17, 15) is 9.59 Å². The summed E-state index contributed by atoms with van der Waals surface area (Å²) >= 11 is 0. The normalized spacial score (nSPS) is 10.6. The minimum absolute atomic E-state index is 0.00980. The summed E-state index contributed by atoms with van der Waals surface area (Å²) in [4.78, 5) is 22.8. The zero-order valence-electron chi connectivity index (χ0n) is 11.8. The van der Waals surface area contributed by atoms with Crippen LogP contribution < -0.4 is 15.5 Å². The Bertz CT molecular complexity index is 498. The standard InChI is InChI=1S/C14H19N3O3/c1-10(2)16-13(18)8-14(19)17-15-9-11-5-4-6-12(7-11)20-3/h4-7,9-10H,8H2,1-3H3,(H,16,18)(H,17,19)/b15-9-. The predicted octanol–water partition coefficient (Wildman–Crippen LogP) is 1.06. The molecule has 0 aliphatic carbocycles. The van der Waals surface area contributed by atoms with Gasteiger partial charge in [0, 0.05) is 6.04 Å². The van der Waals surface area contributed by atoms with Gasteiger partial charge >= 0.3 is 0 Å². The van der Waals surface area contributed by atoms with Gasteiger partial charge in [0.25, 0.3) is 0 Å². The van der Waals surface area contributed by atoms with E-state index in [1.165, 1.54) is 6.21 Å². The molecule has 0 aromatic heterocycles. The first-order chi connectivity index (χ1) is 9.51. The number of carbonyl (C=O) groups excluding carboxylic acids is 2. The molecule has 0 aliphatic rings. The average molecular weight is 277 g/mol. The quantitative estimate of drug-likeness (QED) is 0.463. The molecule has 6 nitrogen and oxygen atoms in total. The van der Waals surface area contributed by atoms with E-state index in [2.05, 4.69) is 15.8 Å². The molecule has 20 heavy (non-hydrogen) atoms. The lowest BCUT2D eigenvalue weighted by Gasteiger charge is -2.06. The predicted molar refractivity (Wildman–Crippen MR) is 76.6 cm³/mol. The fourth-order valence-corrected chi connectivity index (χ4v) is 1.46. The molecule has 0 saturated heterocycles.